The topological polar surface area (TPSA) is 85.4 Å². The van der Waals surface area contributed by atoms with Crippen molar-refractivity contribution in [1.29, 1.82) is 0 Å². The molecular formula is C9H10N2O4S. The van der Waals surface area contributed by atoms with Crippen molar-refractivity contribution in [3.8, 4) is 0 Å². The molecule has 0 saturated carbocycles. The minimum atomic E-state index is -3.32. The first kappa shape index (κ1) is 10.9. The Morgan fingerprint density at radius 2 is 2.31 bits per heavy atom. The summed E-state index contributed by atoms with van der Waals surface area (Å²) >= 11 is 0. The fraction of sp³-hybridized carbons (Fsp3) is 0.333. The van der Waals surface area contributed by atoms with Gasteiger partial charge in [0.2, 0.25) is 0 Å². The van der Waals surface area contributed by atoms with E-state index in [4.69, 9.17) is 0 Å². The minimum absolute atomic E-state index is 0.00796. The van der Waals surface area contributed by atoms with E-state index in [0.717, 1.165) is 0 Å². The SMILES string of the molecule is COC(=O)c1cnc2c(c1)NCCS2(=O)=O. The lowest BCUT2D eigenvalue weighted by atomic mass is 10.2. The number of carbonyl (C=O) groups is 1. The molecule has 0 fully saturated rings. The molecule has 0 spiro atoms. The Bertz CT molecular complexity index is 538. The van der Waals surface area contributed by atoms with Crippen molar-refractivity contribution in [2.24, 2.45) is 0 Å². The number of hydrogen-bond acceptors (Lipinski definition) is 6. The number of pyridine rings is 1. The van der Waals surface area contributed by atoms with Crippen LogP contribution in [0.5, 0.6) is 0 Å². The van der Waals surface area contributed by atoms with Crippen LogP contribution in [0.3, 0.4) is 0 Å². The molecule has 2 rings (SSSR count). The standard InChI is InChI=1S/C9H10N2O4S/c1-15-9(12)6-4-7-8(11-5-6)16(13,14)3-2-10-7/h4-5,10H,2-3H2,1H3. The fourth-order valence-corrected chi connectivity index (χ4v) is 2.72. The van der Waals surface area contributed by atoms with Crippen LogP contribution in [0.2, 0.25) is 0 Å². The van der Waals surface area contributed by atoms with Crippen molar-refractivity contribution >= 4 is 21.5 Å². The molecule has 1 aromatic rings. The second kappa shape index (κ2) is 3.75. The lowest BCUT2D eigenvalue weighted by Gasteiger charge is -2.17. The summed E-state index contributed by atoms with van der Waals surface area (Å²) in [4.78, 5) is 15.0. The molecule has 1 aliphatic rings. The summed E-state index contributed by atoms with van der Waals surface area (Å²) in [6.45, 7) is 0.321. The number of sulfone groups is 1. The highest BCUT2D eigenvalue weighted by molar-refractivity contribution is 7.91. The van der Waals surface area contributed by atoms with Crippen LogP contribution >= 0.6 is 0 Å². The van der Waals surface area contributed by atoms with Crippen LogP contribution in [0.25, 0.3) is 0 Å². The van der Waals surface area contributed by atoms with Gasteiger partial charge in [0.1, 0.15) is 0 Å². The molecule has 0 saturated heterocycles. The van der Waals surface area contributed by atoms with Gasteiger partial charge in [0.05, 0.1) is 24.1 Å². The zero-order valence-corrected chi connectivity index (χ0v) is 9.37. The van der Waals surface area contributed by atoms with Gasteiger partial charge in [-0.15, -0.1) is 0 Å². The molecule has 16 heavy (non-hydrogen) atoms. The maximum Gasteiger partial charge on any atom is 0.339 e. The number of anilines is 1. The Balaban J connectivity index is 2.52. The molecule has 1 aliphatic heterocycles. The van der Waals surface area contributed by atoms with Gasteiger partial charge in [-0.25, -0.2) is 18.2 Å². The Kier molecular flexibility index (Phi) is 2.55. The molecular weight excluding hydrogens is 232 g/mol. The second-order valence-electron chi connectivity index (χ2n) is 3.31. The number of esters is 1. The number of ether oxygens (including phenoxy) is 1. The van der Waals surface area contributed by atoms with Crippen LogP contribution in [-0.4, -0.2) is 38.8 Å². The summed E-state index contributed by atoms with van der Waals surface area (Å²) in [6, 6.07) is 1.44. The average Bonchev–Trinajstić information content (AvgIpc) is 2.27. The molecule has 7 heteroatoms. The molecule has 1 N–H and O–H groups in total. The Morgan fingerprint density at radius 1 is 1.56 bits per heavy atom. The lowest BCUT2D eigenvalue weighted by molar-refractivity contribution is 0.0600. The van der Waals surface area contributed by atoms with Gasteiger partial charge in [-0.05, 0) is 6.07 Å². The van der Waals surface area contributed by atoms with E-state index in [1.54, 1.807) is 0 Å². The van der Waals surface area contributed by atoms with E-state index in [0.29, 0.717) is 12.2 Å². The van der Waals surface area contributed by atoms with E-state index in [1.165, 1.54) is 19.4 Å². The van der Waals surface area contributed by atoms with Gasteiger partial charge in [-0.2, -0.15) is 0 Å². The number of nitrogens with one attached hydrogen (secondary N) is 1. The normalized spacial score (nSPS) is 17.1. The van der Waals surface area contributed by atoms with Crippen LogP contribution in [0.15, 0.2) is 17.3 Å². The highest BCUT2D eigenvalue weighted by atomic mass is 32.2. The molecule has 0 unspecified atom stereocenters. The number of methoxy groups -OCH3 is 1. The van der Waals surface area contributed by atoms with E-state index in [9.17, 15) is 13.2 Å². The van der Waals surface area contributed by atoms with Crippen molar-refractivity contribution in [3.05, 3.63) is 17.8 Å². The largest absolute Gasteiger partial charge is 0.465 e. The maximum atomic E-state index is 11.6. The summed E-state index contributed by atoms with van der Waals surface area (Å²) in [5, 5.41) is 2.88. The number of hydrogen-bond donors (Lipinski definition) is 1. The predicted octanol–water partition coefficient (Wildman–Crippen LogP) is 0.0674. The molecule has 0 atom stereocenters. The number of fused-ring (bicyclic) bond motifs is 1. The fourth-order valence-electron chi connectivity index (χ4n) is 1.47. The monoisotopic (exact) mass is 242 g/mol. The highest BCUT2D eigenvalue weighted by Crippen LogP contribution is 2.24. The first-order valence-corrected chi connectivity index (χ1v) is 6.25. The van der Waals surface area contributed by atoms with Crippen molar-refractivity contribution < 1.29 is 17.9 Å². The number of aromatic nitrogens is 1. The molecule has 86 valence electrons. The van der Waals surface area contributed by atoms with Crippen LogP contribution in [0.1, 0.15) is 10.4 Å². The second-order valence-corrected chi connectivity index (χ2v) is 5.34. The van der Waals surface area contributed by atoms with Gasteiger partial charge >= 0.3 is 5.97 Å². The lowest BCUT2D eigenvalue weighted by Crippen LogP contribution is -2.24. The minimum Gasteiger partial charge on any atom is -0.465 e. The van der Waals surface area contributed by atoms with Gasteiger partial charge in [0.25, 0.3) is 0 Å². The smallest absolute Gasteiger partial charge is 0.339 e. The van der Waals surface area contributed by atoms with Gasteiger partial charge < -0.3 is 10.1 Å². The Morgan fingerprint density at radius 3 is 3.00 bits per heavy atom. The van der Waals surface area contributed by atoms with Crippen LogP contribution in [-0.2, 0) is 14.6 Å². The van der Waals surface area contributed by atoms with E-state index in [2.05, 4.69) is 15.0 Å². The summed E-state index contributed by atoms with van der Waals surface area (Å²) in [5.41, 5.74) is 0.583. The molecule has 2 heterocycles. The average molecular weight is 242 g/mol. The first-order chi connectivity index (χ1) is 7.54. The van der Waals surface area contributed by atoms with E-state index >= 15 is 0 Å². The molecule has 0 bridgehead atoms. The van der Waals surface area contributed by atoms with Crippen LogP contribution in [0, 0.1) is 0 Å². The summed E-state index contributed by atoms with van der Waals surface area (Å²) < 4.78 is 27.7. The molecule has 0 aliphatic carbocycles. The van der Waals surface area contributed by atoms with Crippen molar-refractivity contribution in [1.82, 2.24) is 4.98 Å². The maximum absolute atomic E-state index is 11.6. The van der Waals surface area contributed by atoms with Crippen molar-refractivity contribution in [2.45, 2.75) is 5.03 Å². The third kappa shape index (κ3) is 1.73. The quantitative estimate of drug-likeness (QED) is 0.701. The zero-order valence-electron chi connectivity index (χ0n) is 8.56. The summed E-state index contributed by atoms with van der Waals surface area (Å²) in [5.74, 6) is -0.523. The van der Waals surface area contributed by atoms with Crippen molar-refractivity contribution in [3.63, 3.8) is 0 Å². The zero-order chi connectivity index (χ0) is 11.8. The number of rotatable bonds is 1. The number of nitrogens with zero attached hydrogens (tertiary/aromatic N) is 1. The highest BCUT2D eigenvalue weighted by Gasteiger charge is 2.25. The predicted molar refractivity (Wildman–Crippen MR) is 56.1 cm³/mol. The molecule has 0 amide bonds. The van der Waals surface area contributed by atoms with Crippen LogP contribution < -0.4 is 5.32 Å². The van der Waals surface area contributed by atoms with E-state index in [1.807, 2.05) is 0 Å². The van der Waals surface area contributed by atoms with E-state index < -0.39 is 15.8 Å². The Labute approximate surface area is 92.6 Å². The molecule has 1 aromatic heterocycles. The first-order valence-electron chi connectivity index (χ1n) is 4.59. The molecule has 0 radical (unpaired) electrons. The van der Waals surface area contributed by atoms with Crippen molar-refractivity contribution in [2.75, 3.05) is 24.7 Å². The summed E-state index contributed by atoms with van der Waals surface area (Å²) in [6.07, 6.45) is 1.20. The molecule has 6 nitrogen and oxygen atoms in total. The van der Waals surface area contributed by atoms with Gasteiger partial charge in [-0.3, -0.25) is 0 Å². The van der Waals surface area contributed by atoms with E-state index in [-0.39, 0.29) is 16.3 Å². The molecule has 0 aromatic carbocycles. The number of carbonyl (C=O) groups excluding carboxylic acids is 1. The summed E-state index contributed by atoms with van der Waals surface area (Å²) in [7, 11) is -2.06. The third-order valence-electron chi connectivity index (χ3n) is 2.25. The van der Waals surface area contributed by atoms with Gasteiger partial charge in [-0.1, -0.05) is 0 Å². The van der Waals surface area contributed by atoms with Gasteiger partial charge in [0.15, 0.2) is 14.9 Å². The van der Waals surface area contributed by atoms with Crippen LogP contribution in [0.4, 0.5) is 5.69 Å². The van der Waals surface area contributed by atoms with Gasteiger partial charge in [0, 0.05) is 12.7 Å². The Hall–Kier alpha value is -1.63. The third-order valence-corrected chi connectivity index (χ3v) is 3.91.